The molecule has 0 aliphatic carbocycles. The molecule has 1 aliphatic rings. The highest BCUT2D eigenvalue weighted by Crippen LogP contribution is 2.34. The Balaban J connectivity index is 1.52. The minimum absolute atomic E-state index is 0.0177. The van der Waals surface area contributed by atoms with Gasteiger partial charge < -0.3 is 15.0 Å². The van der Waals surface area contributed by atoms with Crippen LogP contribution in [0, 0.1) is 0 Å². The molecule has 31 heavy (non-hydrogen) atoms. The summed E-state index contributed by atoms with van der Waals surface area (Å²) in [5, 5.41) is 3.98. The Labute approximate surface area is 185 Å². The van der Waals surface area contributed by atoms with E-state index in [9.17, 15) is 9.59 Å². The summed E-state index contributed by atoms with van der Waals surface area (Å²) in [5.74, 6) is -0.117. The average Bonchev–Trinajstić information content (AvgIpc) is 3.27. The van der Waals surface area contributed by atoms with Gasteiger partial charge in [-0.25, -0.2) is 9.78 Å². The summed E-state index contributed by atoms with van der Waals surface area (Å²) in [6.07, 6.45) is 1.12. The smallest absolute Gasteiger partial charge is 0.409 e. The third kappa shape index (κ3) is 4.94. The number of ether oxygens (including phenoxy) is 1. The first-order chi connectivity index (χ1) is 15.2. The molecule has 3 aromatic rings. The third-order valence-electron chi connectivity index (χ3n) is 5.26. The van der Waals surface area contributed by atoms with E-state index in [4.69, 9.17) is 9.72 Å². The third-order valence-corrected chi connectivity index (χ3v) is 6.36. The van der Waals surface area contributed by atoms with Crippen molar-refractivity contribution in [2.24, 2.45) is 0 Å². The normalized spacial score (nSPS) is 14.3. The number of likely N-dealkylation sites (tertiary alicyclic amines) is 1. The molecule has 2 aromatic carbocycles. The van der Waals surface area contributed by atoms with E-state index >= 15 is 0 Å². The summed E-state index contributed by atoms with van der Waals surface area (Å²) in [5.41, 5.74) is 2.61. The second kappa shape index (κ2) is 9.75. The fraction of sp³-hybridized carbons (Fsp3) is 0.292. The Kier molecular flexibility index (Phi) is 6.62. The fourth-order valence-corrected chi connectivity index (χ4v) is 4.64. The van der Waals surface area contributed by atoms with Crippen molar-refractivity contribution in [3.05, 3.63) is 65.5 Å². The molecule has 7 heteroatoms. The molecule has 0 spiro atoms. The molecule has 1 aromatic heterocycles. The lowest BCUT2D eigenvalue weighted by atomic mass is 10.0. The molecule has 0 unspecified atom stereocenters. The van der Waals surface area contributed by atoms with Gasteiger partial charge in [0.1, 0.15) is 9.88 Å². The van der Waals surface area contributed by atoms with Crippen LogP contribution in [-0.4, -0.2) is 47.6 Å². The molecule has 1 saturated heterocycles. The van der Waals surface area contributed by atoms with Crippen LogP contribution in [0.25, 0.3) is 21.8 Å². The Bertz CT molecular complexity index is 1030. The van der Waals surface area contributed by atoms with E-state index in [0.29, 0.717) is 43.1 Å². The van der Waals surface area contributed by atoms with Gasteiger partial charge in [0, 0.05) is 30.3 Å². The van der Waals surface area contributed by atoms with Crippen molar-refractivity contribution < 1.29 is 14.3 Å². The van der Waals surface area contributed by atoms with Crippen LogP contribution in [0.1, 0.15) is 29.4 Å². The van der Waals surface area contributed by atoms with Gasteiger partial charge in [0.15, 0.2) is 0 Å². The number of hydrogen-bond donors (Lipinski definition) is 1. The first-order valence-corrected chi connectivity index (χ1v) is 11.3. The Morgan fingerprint density at radius 2 is 1.65 bits per heavy atom. The van der Waals surface area contributed by atoms with Gasteiger partial charge in [-0.1, -0.05) is 60.7 Å². The molecule has 0 radical (unpaired) electrons. The summed E-state index contributed by atoms with van der Waals surface area (Å²) >= 11 is 1.41. The van der Waals surface area contributed by atoms with E-state index in [0.717, 1.165) is 16.1 Å². The molecule has 1 aliphatic heterocycles. The molecular weight excluding hydrogens is 410 g/mol. The summed E-state index contributed by atoms with van der Waals surface area (Å²) in [7, 11) is 0. The van der Waals surface area contributed by atoms with Crippen LogP contribution >= 0.6 is 11.3 Å². The van der Waals surface area contributed by atoms with Gasteiger partial charge in [-0.05, 0) is 19.8 Å². The van der Waals surface area contributed by atoms with E-state index in [1.165, 1.54) is 11.3 Å². The van der Waals surface area contributed by atoms with Gasteiger partial charge in [0.25, 0.3) is 5.91 Å². The number of thiazole rings is 1. The Hall–Kier alpha value is -3.19. The lowest BCUT2D eigenvalue weighted by molar-refractivity contribution is 0.0863. The number of amides is 2. The minimum Gasteiger partial charge on any atom is -0.450 e. The molecule has 0 atom stereocenters. The van der Waals surface area contributed by atoms with Gasteiger partial charge in [0.2, 0.25) is 0 Å². The first kappa shape index (κ1) is 21.1. The van der Waals surface area contributed by atoms with Gasteiger partial charge >= 0.3 is 6.09 Å². The first-order valence-electron chi connectivity index (χ1n) is 10.5. The summed E-state index contributed by atoms with van der Waals surface area (Å²) in [6.45, 7) is 3.32. The van der Waals surface area contributed by atoms with Crippen LogP contribution in [-0.2, 0) is 4.74 Å². The zero-order valence-corrected chi connectivity index (χ0v) is 18.2. The van der Waals surface area contributed by atoms with E-state index in [2.05, 4.69) is 5.32 Å². The van der Waals surface area contributed by atoms with Gasteiger partial charge in [-0.15, -0.1) is 11.3 Å². The lowest BCUT2D eigenvalue weighted by Crippen LogP contribution is -2.46. The number of piperidine rings is 1. The highest BCUT2D eigenvalue weighted by Gasteiger charge is 2.27. The predicted molar refractivity (Wildman–Crippen MR) is 122 cm³/mol. The van der Waals surface area contributed by atoms with Crippen LogP contribution in [0.15, 0.2) is 60.7 Å². The molecule has 0 bridgehead atoms. The van der Waals surface area contributed by atoms with Crippen molar-refractivity contribution in [2.75, 3.05) is 19.7 Å². The topological polar surface area (TPSA) is 71.5 Å². The summed E-state index contributed by atoms with van der Waals surface area (Å²) in [4.78, 5) is 32.2. The van der Waals surface area contributed by atoms with E-state index in [1.807, 2.05) is 60.7 Å². The quantitative estimate of drug-likeness (QED) is 0.623. The fourth-order valence-electron chi connectivity index (χ4n) is 3.64. The Morgan fingerprint density at radius 1 is 1.03 bits per heavy atom. The maximum atomic E-state index is 13.2. The van der Waals surface area contributed by atoms with Crippen LogP contribution in [0.5, 0.6) is 0 Å². The summed E-state index contributed by atoms with van der Waals surface area (Å²) in [6, 6.07) is 19.7. The highest BCUT2D eigenvalue weighted by molar-refractivity contribution is 7.17. The molecule has 1 N–H and O–H groups in total. The SMILES string of the molecule is CCOC(=O)N1CCC(NC(=O)c2sc(-c3ccccc3)nc2-c2ccccc2)CC1. The standard InChI is InChI=1S/C24H25N3O3S/c1-2-30-24(29)27-15-13-19(14-16-27)25-22(28)21-20(17-9-5-3-6-10-17)26-23(31-21)18-11-7-4-8-12-18/h3-12,19H,2,13-16H2,1H3,(H,25,28). The monoisotopic (exact) mass is 435 g/mol. The van der Waals surface area contributed by atoms with Crippen molar-refractivity contribution in [1.29, 1.82) is 0 Å². The molecule has 0 saturated carbocycles. The largest absolute Gasteiger partial charge is 0.450 e. The minimum atomic E-state index is -0.284. The predicted octanol–water partition coefficient (Wildman–Crippen LogP) is 4.83. The molecule has 1 fully saturated rings. The van der Waals surface area contributed by atoms with Gasteiger partial charge in [-0.3, -0.25) is 4.79 Å². The highest BCUT2D eigenvalue weighted by atomic mass is 32.1. The number of nitrogens with zero attached hydrogens (tertiary/aromatic N) is 2. The molecule has 2 heterocycles. The number of benzene rings is 2. The van der Waals surface area contributed by atoms with E-state index in [1.54, 1.807) is 11.8 Å². The summed E-state index contributed by atoms with van der Waals surface area (Å²) < 4.78 is 5.07. The lowest BCUT2D eigenvalue weighted by Gasteiger charge is -2.31. The van der Waals surface area contributed by atoms with Crippen molar-refractivity contribution in [2.45, 2.75) is 25.8 Å². The van der Waals surface area contributed by atoms with Crippen LogP contribution in [0.4, 0.5) is 4.79 Å². The van der Waals surface area contributed by atoms with Gasteiger partial charge in [-0.2, -0.15) is 0 Å². The number of carbonyl (C=O) groups is 2. The second-order valence-electron chi connectivity index (χ2n) is 7.36. The number of carbonyl (C=O) groups excluding carboxylic acids is 2. The second-order valence-corrected chi connectivity index (χ2v) is 8.36. The maximum absolute atomic E-state index is 13.2. The molecule has 4 rings (SSSR count). The number of aromatic nitrogens is 1. The van der Waals surface area contributed by atoms with Crippen LogP contribution in [0.2, 0.25) is 0 Å². The van der Waals surface area contributed by atoms with Crippen molar-refractivity contribution in [1.82, 2.24) is 15.2 Å². The van der Waals surface area contributed by atoms with E-state index in [-0.39, 0.29) is 18.0 Å². The van der Waals surface area contributed by atoms with Crippen molar-refractivity contribution in [3.8, 4) is 21.8 Å². The van der Waals surface area contributed by atoms with Crippen LogP contribution < -0.4 is 5.32 Å². The number of rotatable bonds is 5. The van der Waals surface area contributed by atoms with E-state index < -0.39 is 0 Å². The van der Waals surface area contributed by atoms with Crippen LogP contribution in [0.3, 0.4) is 0 Å². The Morgan fingerprint density at radius 3 is 2.26 bits per heavy atom. The number of nitrogens with one attached hydrogen (secondary N) is 1. The molecule has 6 nitrogen and oxygen atoms in total. The van der Waals surface area contributed by atoms with Gasteiger partial charge in [0.05, 0.1) is 12.3 Å². The van der Waals surface area contributed by atoms with Crippen molar-refractivity contribution >= 4 is 23.3 Å². The zero-order valence-electron chi connectivity index (χ0n) is 17.4. The zero-order chi connectivity index (χ0) is 21.6. The maximum Gasteiger partial charge on any atom is 0.409 e. The average molecular weight is 436 g/mol. The molecular formula is C24H25N3O3S. The molecule has 160 valence electrons. The number of hydrogen-bond acceptors (Lipinski definition) is 5. The van der Waals surface area contributed by atoms with Crippen molar-refractivity contribution in [3.63, 3.8) is 0 Å². The molecule has 2 amide bonds.